The van der Waals surface area contributed by atoms with Crippen LogP contribution in [0.3, 0.4) is 0 Å². The first-order valence-electron chi connectivity index (χ1n) is 5.15. The molecule has 1 aromatic rings. The lowest BCUT2D eigenvalue weighted by molar-refractivity contribution is -0.141. The minimum Gasteiger partial charge on any atom is -0.481 e. The molecule has 1 heterocycles. The Balaban J connectivity index is 2.55. The molecule has 6 nitrogen and oxygen atoms in total. The van der Waals surface area contributed by atoms with E-state index in [4.69, 9.17) is 5.11 Å². The molecule has 0 saturated carbocycles. The number of anilines is 1. The Labute approximate surface area is 92.7 Å². The Morgan fingerprint density at radius 2 is 2.44 bits per heavy atom. The van der Waals surface area contributed by atoms with Gasteiger partial charge >= 0.3 is 5.97 Å². The van der Waals surface area contributed by atoms with Crippen LogP contribution in [0.25, 0.3) is 0 Å². The zero-order chi connectivity index (χ0) is 12.0. The predicted molar refractivity (Wildman–Crippen MR) is 59.4 cm³/mol. The van der Waals surface area contributed by atoms with Gasteiger partial charge in [-0.3, -0.25) is 9.59 Å². The summed E-state index contributed by atoms with van der Waals surface area (Å²) in [5, 5.41) is 11.7. The van der Waals surface area contributed by atoms with Crippen LogP contribution in [0.2, 0.25) is 0 Å². The monoisotopic (exact) mass is 225 g/mol. The van der Waals surface area contributed by atoms with Crippen molar-refractivity contribution < 1.29 is 9.90 Å². The van der Waals surface area contributed by atoms with Gasteiger partial charge in [-0.05, 0) is 6.42 Å². The highest BCUT2D eigenvalue weighted by Crippen LogP contribution is 2.07. The van der Waals surface area contributed by atoms with Gasteiger partial charge < -0.3 is 15.4 Å². The molecule has 1 atom stereocenters. The molecular weight excluding hydrogens is 210 g/mol. The van der Waals surface area contributed by atoms with E-state index in [0.29, 0.717) is 12.2 Å². The Hall–Kier alpha value is -1.85. The number of aromatic nitrogens is 2. The number of rotatable bonds is 6. The van der Waals surface area contributed by atoms with Gasteiger partial charge in [-0.15, -0.1) is 0 Å². The molecule has 88 valence electrons. The van der Waals surface area contributed by atoms with Crippen molar-refractivity contribution in [1.29, 1.82) is 0 Å². The minimum atomic E-state index is -0.834. The number of hydrogen-bond donors (Lipinski definition) is 3. The van der Waals surface area contributed by atoms with Gasteiger partial charge in [0.2, 0.25) is 0 Å². The molecule has 6 heteroatoms. The second kappa shape index (κ2) is 5.89. The number of aliphatic carboxylic acids is 1. The molecule has 0 radical (unpaired) electrons. The third kappa shape index (κ3) is 3.72. The first-order chi connectivity index (χ1) is 7.63. The molecule has 0 aliphatic rings. The van der Waals surface area contributed by atoms with Crippen molar-refractivity contribution in [3.05, 3.63) is 22.7 Å². The van der Waals surface area contributed by atoms with E-state index in [9.17, 15) is 9.59 Å². The molecule has 1 aromatic heterocycles. The largest absolute Gasteiger partial charge is 0.481 e. The number of nitrogens with one attached hydrogen (secondary N) is 2. The quantitative estimate of drug-likeness (QED) is 0.661. The van der Waals surface area contributed by atoms with Gasteiger partial charge in [-0.1, -0.05) is 13.3 Å². The second-order valence-corrected chi connectivity index (χ2v) is 3.50. The number of aromatic amines is 1. The predicted octanol–water partition coefficient (Wildman–Crippen LogP) is 0.683. The van der Waals surface area contributed by atoms with Crippen molar-refractivity contribution in [1.82, 2.24) is 9.97 Å². The Morgan fingerprint density at radius 1 is 1.69 bits per heavy atom. The van der Waals surface area contributed by atoms with Crippen LogP contribution in [0.4, 0.5) is 5.82 Å². The lowest BCUT2D eigenvalue weighted by Gasteiger charge is -2.12. The maximum atomic E-state index is 10.9. The zero-order valence-electron chi connectivity index (χ0n) is 9.06. The average Bonchev–Trinajstić information content (AvgIpc) is 2.24. The fourth-order valence-electron chi connectivity index (χ4n) is 1.35. The topological polar surface area (TPSA) is 95.1 Å². The molecule has 1 unspecified atom stereocenters. The second-order valence-electron chi connectivity index (χ2n) is 3.50. The highest BCUT2D eigenvalue weighted by Gasteiger charge is 2.15. The molecule has 3 N–H and O–H groups in total. The van der Waals surface area contributed by atoms with Crippen molar-refractivity contribution in [3.63, 3.8) is 0 Å². The van der Waals surface area contributed by atoms with Gasteiger partial charge in [-0.2, -0.15) is 0 Å². The normalized spacial score (nSPS) is 12.1. The van der Waals surface area contributed by atoms with Crippen LogP contribution in [0.1, 0.15) is 19.8 Å². The van der Waals surface area contributed by atoms with E-state index >= 15 is 0 Å². The SMILES string of the molecule is CCCC(CNc1cc(=O)[nH]cn1)C(=O)O. The maximum absolute atomic E-state index is 10.9. The summed E-state index contributed by atoms with van der Waals surface area (Å²) in [5.41, 5.74) is -0.264. The molecule has 1 rings (SSSR count). The summed E-state index contributed by atoms with van der Waals surface area (Å²) >= 11 is 0. The van der Waals surface area contributed by atoms with Crippen molar-refractivity contribution in [2.45, 2.75) is 19.8 Å². The third-order valence-electron chi connectivity index (χ3n) is 2.19. The summed E-state index contributed by atoms with van der Waals surface area (Å²) in [6.45, 7) is 2.21. The van der Waals surface area contributed by atoms with E-state index in [-0.39, 0.29) is 12.1 Å². The lowest BCUT2D eigenvalue weighted by atomic mass is 10.0. The molecule has 16 heavy (non-hydrogen) atoms. The van der Waals surface area contributed by atoms with E-state index in [1.165, 1.54) is 12.4 Å². The van der Waals surface area contributed by atoms with Crippen molar-refractivity contribution >= 4 is 11.8 Å². The highest BCUT2D eigenvalue weighted by molar-refractivity contribution is 5.70. The van der Waals surface area contributed by atoms with Gasteiger partial charge in [0, 0.05) is 12.6 Å². The molecule has 0 spiro atoms. The van der Waals surface area contributed by atoms with Crippen LogP contribution < -0.4 is 10.9 Å². The van der Waals surface area contributed by atoms with Crippen LogP contribution >= 0.6 is 0 Å². The van der Waals surface area contributed by atoms with E-state index < -0.39 is 11.9 Å². The molecule has 0 bridgehead atoms. The van der Waals surface area contributed by atoms with Crippen LogP contribution in [0.5, 0.6) is 0 Å². The van der Waals surface area contributed by atoms with Gasteiger partial charge in [0.25, 0.3) is 5.56 Å². The van der Waals surface area contributed by atoms with Crippen LogP contribution in [-0.2, 0) is 4.79 Å². The van der Waals surface area contributed by atoms with Crippen LogP contribution in [-0.4, -0.2) is 27.6 Å². The molecule has 0 aliphatic carbocycles. The molecule has 0 amide bonds. The molecule has 0 aromatic carbocycles. The summed E-state index contributed by atoms with van der Waals surface area (Å²) in [6.07, 6.45) is 2.69. The van der Waals surface area contributed by atoms with E-state index in [2.05, 4.69) is 15.3 Å². The van der Waals surface area contributed by atoms with Crippen LogP contribution in [0.15, 0.2) is 17.2 Å². The van der Waals surface area contributed by atoms with E-state index in [1.807, 2.05) is 6.92 Å². The minimum absolute atomic E-state index is 0.264. The van der Waals surface area contributed by atoms with E-state index in [1.54, 1.807) is 0 Å². The number of carbonyl (C=O) groups is 1. The lowest BCUT2D eigenvalue weighted by Crippen LogP contribution is -2.23. The molecule has 0 saturated heterocycles. The fraction of sp³-hybridized carbons (Fsp3) is 0.500. The summed E-state index contributed by atoms with van der Waals surface area (Å²) in [4.78, 5) is 28.0. The molecular formula is C10H15N3O3. The third-order valence-corrected chi connectivity index (χ3v) is 2.19. The smallest absolute Gasteiger partial charge is 0.308 e. The average molecular weight is 225 g/mol. The van der Waals surface area contributed by atoms with E-state index in [0.717, 1.165) is 6.42 Å². The number of H-pyrrole nitrogens is 1. The Morgan fingerprint density at radius 3 is 3.00 bits per heavy atom. The van der Waals surface area contributed by atoms with Gasteiger partial charge in [0.15, 0.2) is 0 Å². The van der Waals surface area contributed by atoms with Crippen LogP contribution in [0, 0.1) is 5.92 Å². The number of carboxylic acids is 1. The number of hydrogen-bond acceptors (Lipinski definition) is 4. The van der Waals surface area contributed by atoms with Crippen molar-refractivity contribution in [3.8, 4) is 0 Å². The fourth-order valence-corrected chi connectivity index (χ4v) is 1.35. The van der Waals surface area contributed by atoms with Crippen molar-refractivity contribution in [2.24, 2.45) is 5.92 Å². The van der Waals surface area contributed by atoms with Gasteiger partial charge in [-0.25, -0.2) is 4.98 Å². The Kier molecular flexibility index (Phi) is 4.50. The van der Waals surface area contributed by atoms with Gasteiger partial charge in [0.1, 0.15) is 5.82 Å². The standard InChI is InChI=1S/C10H15N3O3/c1-2-3-7(10(15)16)5-11-8-4-9(14)13-6-12-8/h4,6-7H,2-3,5H2,1H3,(H,15,16)(H2,11,12,13,14). The first kappa shape index (κ1) is 12.2. The zero-order valence-corrected chi connectivity index (χ0v) is 9.06. The maximum Gasteiger partial charge on any atom is 0.308 e. The van der Waals surface area contributed by atoms with Crippen molar-refractivity contribution in [2.75, 3.05) is 11.9 Å². The first-order valence-corrected chi connectivity index (χ1v) is 5.15. The number of carboxylic acid groups (broad SMARTS) is 1. The highest BCUT2D eigenvalue weighted by atomic mass is 16.4. The molecule has 0 aliphatic heterocycles. The Bertz CT molecular complexity index is 402. The molecule has 0 fully saturated rings. The van der Waals surface area contributed by atoms with Gasteiger partial charge in [0.05, 0.1) is 12.2 Å². The number of nitrogens with zero attached hydrogens (tertiary/aromatic N) is 1. The summed E-state index contributed by atoms with van der Waals surface area (Å²) < 4.78 is 0. The summed E-state index contributed by atoms with van der Waals surface area (Å²) in [7, 11) is 0. The summed E-state index contributed by atoms with van der Waals surface area (Å²) in [5.74, 6) is -0.892. The summed E-state index contributed by atoms with van der Waals surface area (Å²) in [6, 6.07) is 1.30.